The van der Waals surface area contributed by atoms with Gasteiger partial charge in [0, 0.05) is 17.2 Å². The van der Waals surface area contributed by atoms with Gasteiger partial charge in [0.05, 0.1) is 5.52 Å². The van der Waals surface area contributed by atoms with Crippen LogP contribution in [0.2, 0.25) is 0 Å². The van der Waals surface area contributed by atoms with E-state index in [0.29, 0.717) is 5.92 Å². The van der Waals surface area contributed by atoms with Crippen molar-refractivity contribution >= 4 is 45.4 Å². The molecule has 0 bridgehead atoms. The van der Waals surface area contributed by atoms with Crippen LogP contribution in [0.5, 0.6) is 0 Å². The molecule has 2 aromatic heterocycles. The number of carbonyl (C=O) groups is 1. The van der Waals surface area contributed by atoms with Crippen molar-refractivity contribution in [1.29, 1.82) is 0 Å². The number of aromatic nitrogens is 2. The number of carboxylic acid groups (broad SMARTS) is 1. The summed E-state index contributed by atoms with van der Waals surface area (Å²) in [7, 11) is 0. The Morgan fingerprint density at radius 3 is 2.48 bits per heavy atom. The number of H-pyrrole nitrogens is 1. The van der Waals surface area contributed by atoms with Crippen LogP contribution in [-0.4, -0.2) is 21.3 Å². The van der Waals surface area contributed by atoms with Gasteiger partial charge in [0.25, 0.3) is 0 Å². The Morgan fingerprint density at radius 2 is 1.85 bits per heavy atom. The van der Waals surface area contributed by atoms with E-state index in [9.17, 15) is 4.79 Å². The Bertz CT molecular complexity index is 1390. The summed E-state index contributed by atoms with van der Waals surface area (Å²) in [5.74, 6) is -0.398. The van der Waals surface area contributed by atoms with Gasteiger partial charge in [0.15, 0.2) is 0 Å². The highest BCUT2D eigenvalue weighted by atomic mass is 32.1. The van der Waals surface area contributed by atoms with E-state index in [0.717, 1.165) is 27.7 Å². The van der Waals surface area contributed by atoms with Crippen LogP contribution in [0.25, 0.3) is 28.1 Å². The standard InChI is InChI=1S/C28H26N2O2S/c1-17-15-33-16-24(17)28(20-4-3-5-20)27(21-9-6-19(7-10-21)8-13-26(31)32)22-11-12-25-23(14-22)18(2)29-30-25/h6-16,20H,3-5H2,1-2H3,(H,29,30)(H,31,32)/b13-8+,28-27+. The molecule has 4 aromatic rings. The fourth-order valence-electron chi connectivity index (χ4n) is 4.59. The van der Waals surface area contributed by atoms with Crippen LogP contribution in [0.3, 0.4) is 0 Å². The fraction of sp³-hybridized carbons (Fsp3) is 0.214. The number of hydrogen-bond acceptors (Lipinski definition) is 3. The zero-order valence-corrected chi connectivity index (χ0v) is 19.6. The first-order chi connectivity index (χ1) is 16.0. The molecule has 0 unspecified atom stereocenters. The molecule has 1 aliphatic rings. The van der Waals surface area contributed by atoms with Gasteiger partial charge in [-0.05, 0) is 101 Å². The van der Waals surface area contributed by atoms with E-state index < -0.39 is 5.97 Å². The van der Waals surface area contributed by atoms with Crippen molar-refractivity contribution < 1.29 is 9.90 Å². The quantitative estimate of drug-likeness (QED) is 0.305. The van der Waals surface area contributed by atoms with Crippen LogP contribution in [0.15, 0.2) is 59.3 Å². The average molecular weight is 455 g/mol. The summed E-state index contributed by atoms with van der Waals surface area (Å²) in [5, 5.41) is 22.1. The van der Waals surface area contributed by atoms with Gasteiger partial charge < -0.3 is 5.11 Å². The van der Waals surface area contributed by atoms with Gasteiger partial charge in [-0.2, -0.15) is 16.4 Å². The number of hydrogen-bond donors (Lipinski definition) is 2. The second kappa shape index (κ2) is 8.83. The number of aromatic amines is 1. The van der Waals surface area contributed by atoms with Gasteiger partial charge in [-0.25, -0.2) is 4.79 Å². The Morgan fingerprint density at radius 1 is 1.09 bits per heavy atom. The maximum atomic E-state index is 10.9. The van der Waals surface area contributed by atoms with Crippen LogP contribution in [0, 0.1) is 19.8 Å². The van der Waals surface area contributed by atoms with E-state index in [1.807, 2.05) is 12.1 Å². The molecule has 166 valence electrons. The van der Waals surface area contributed by atoms with Crippen molar-refractivity contribution in [2.75, 3.05) is 0 Å². The molecule has 2 heterocycles. The predicted octanol–water partition coefficient (Wildman–Crippen LogP) is 7.10. The molecule has 5 rings (SSSR count). The van der Waals surface area contributed by atoms with E-state index in [-0.39, 0.29) is 0 Å². The van der Waals surface area contributed by atoms with Crippen LogP contribution in [0.1, 0.15) is 52.8 Å². The second-order valence-corrected chi connectivity index (χ2v) is 9.50. The third-order valence-electron chi connectivity index (χ3n) is 6.58. The zero-order chi connectivity index (χ0) is 22.9. The lowest BCUT2D eigenvalue weighted by molar-refractivity contribution is -0.131. The average Bonchev–Trinajstić information content (AvgIpc) is 3.36. The zero-order valence-electron chi connectivity index (χ0n) is 18.8. The molecule has 1 saturated carbocycles. The van der Waals surface area contributed by atoms with Crippen molar-refractivity contribution in [3.05, 3.63) is 92.8 Å². The second-order valence-electron chi connectivity index (χ2n) is 8.76. The SMILES string of the molecule is Cc1cscc1/C(=C(\c1ccc(/C=C/C(=O)O)cc1)c1ccc2n[nH]c(C)c2c1)C1CCC1. The summed E-state index contributed by atoms with van der Waals surface area (Å²) in [6.45, 7) is 4.26. The first-order valence-electron chi connectivity index (χ1n) is 11.2. The summed E-state index contributed by atoms with van der Waals surface area (Å²) < 4.78 is 0. The molecule has 0 aliphatic heterocycles. The maximum Gasteiger partial charge on any atom is 0.328 e. The molecule has 5 heteroatoms. The van der Waals surface area contributed by atoms with Gasteiger partial charge in [-0.15, -0.1) is 0 Å². The van der Waals surface area contributed by atoms with E-state index in [1.54, 1.807) is 17.4 Å². The van der Waals surface area contributed by atoms with Crippen LogP contribution >= 0.6 is 11.3 Å². The number of fused-ring (bicyclic) bond motifs is 1. The van der Waals surface area contributed by atoms with Crippen LogP contribution < -0.4 is 0 Å². The largest absolute Gasteiger partial charge is 0.478 e. The summed E-state index contributed by atoms with van der Waals surface area (Å²) in [6.07, 6.45) is 6.49. The lowest BCUT2D eigenvalue weighted by Crippen LogP contribution is -2.15. The van der Waals surface area contributed by atoms with Crippen molar-refractivity contribution in [2.24, 2.45) is 5.92 Å². The first kappa shape index (κ1) is 21.4. The molecular formula is C28H26N2O2S. The number of nitrogens with zero attached hydrogens (tertiary/aromatic N) is 1. The molecule has 0 atom stereocenters. The molecule has 0 amide bonds. The molecule has 4 nitrogen and oxygen atoms in total. The number of nitrogens with one attached hydrogen (secondary N) is 1. The topological polar surface area (TPSA) is 66.0 Å². The molecule has 1 aliphatic carbocycles. The van der Waals surface area contributed by atoms with Crippen molar-refractivity contribution in [3.8, 4) is 0 Å². The highest BCUT2D eigenvalue weighted by Crippen LogP contribution is 2.46. The normalized spacial score (nSPS) is 15.1. The number of aryl methyl sites for hydroxylation is 2. The monoisotopic (exact) mass is 454 g/mol. The minimum Gasteiger partial charge on any atom is -0.478 e. The van der Waals surface area contributed by atoms with E-state index >= 15 is 0 Å². The molecule has 0 radical (unpaired) electrons. The van der Waals surface area contributed by atoms with E-state index in [1.165, 1.54) is 53.2 Å². The van der Waals surface area contributed by atoms with Crippen molar-refractivity contribution in [1.82, 2.24) is 10.2 Å². The minimum atomic E-state index is -0.941. The molecule has 1 fully saturated rings. The molecule has 2 N–H and O–H groups in total. The van der Waals surface area contributed by atoms with Gasteiger partial charge >= 0.3 is 5.97 Å². The molecular weight excluding hydrogens is 428 g/mol. The Kier molecular flexibility index (Phi) is 5.73. The van der Waals surface area contributed by atoms with Gasteiger partial charge in [0.2, 0.25) is 0 Å². The highest BCUT2D eigenvalue weighted by Gasteiger charge is 2.28. The number of allylic oxidation sites excluding steroid dienone is 1. The smallest absolute Gasteiger partial charge is 0.328 e. The Labute approximate surface area is 197 Å². The van der Waals surface area contributed by atoms with Crippen LogP contribution in [0.4, 0.5) is 0 Å². The molecule has 0 saturated heterocycles. The van der Waals surface area contributed by atoms with Gasteiger partial charge in [-0.3, -0.25) is 5.10 Å². The maximum absolute atomic E-state index is 10.9. The molecule has 2 aromatic carbocycles. The third kappa shape index (κ3) is 4.16. The summed E-state index contributed by atoms with van der Waals surface area (Å²) >= 11 is 1.76. The Hall–Kier alpha value is -3.44. The minimum absolute atomic E-state index is 0.543. The third-order valence-corrected chi connectivity index (χ3v) is 7.44. The Balaban J connectivity index is 1.74. The van der Waals surface area contributed by atoms with Crippen molar-refractivity contribution in [2.45, 2.75) is 33.1 Å². The van der Waals surface area contributed by atoms with E-state index in [4.69, 9.17) is 5.11 Å². The number of aliphatic carboxylic acids is 1. The van der Waals surface area contributed by atoms with Gasteiger partial charge in [-0.1, -0.05) is 36.8 Å². The number of benzene rings is 2. The molecule has 0 spiro atoms. The highest BCUT2D eigenvalue weighted by molar-refractivity contribution is 7.08. The van der Waals surface area contributed by atoms with Crippen LogP contribution in [-0.2, 0) is 4.79 Å². The lowest BCUT2D eigenvalue weighted by atomic mass is 9.73. The molecule has 33 heavy (non-hydrogen) atoms. The van der Waals surface area contributed by atoms with Gasteiger partial charge in [0.1, 0.15) is 0 Å². The van der Waals surface area contributed by atoms with E-state index in [2.05, 4.69) is 65.1 Å². The van der Waals surface area contributed by atoms with Crippen molar-refractivity contribution in [3.63, 3.8) is 0 Å². The first-order valence-corrected chi connectivity index (χ1v) is 12.2. The summed E-state index contributed by atoms with van der Waals surface area (Å²) in [5.41, 5.74) is 10.6. The summed E-state index contributed by atoms with van der Waals surface area (Å²) in [4.78, 5) is 10.9. The predicted molar refractivity (Wildman–Crippen MR) is 136 cm³/mol. The number of thiophene rings is 1. The fourth-order valence-corrected chi connectivity index (χ4v) is 5.44. The number of carboxylic acids is 1. The summed E-state index contributed by atoms with van der Waals surface area (Å²) in [6, 6.07) is 14.7. The number of rotatable bonds is 6. The lowest BCUT2D eigenvalue weighted by Gasteiger charge is -2.31.